The van der Waals surface area contributed by atoms with Crippen LogP contribution in [-0.2, 0) is 0 Å². The standard InChI is InChI=1S/C57H39N3S/c1-36-23-30-50(58-57(44-29-26-38-15-5-6-16-41(38)31-44)59-56(36)40-27-24-39(25-28-40)37-13-3-2-4-14-37)49-34-48-46-20-10-12-22-54(46)61-55(48)35-53(49)60-51-21-11-9-19-45(51)47-32-42-17-7-8-18-43(42)33-52(47)60/h2-22,24-36H,23H2,1H3/b50-30+,58-57-,59-56+. The highest BCUT2D eigenvalue weighted by molar-refractivity contribution is 7.25. The van der Waals surface area contributed by atoms with E-state index in [1.165, 1.54) is 69.3 Å². The first-order chi connectivity index (χ1) is 30.1. The van der Waals surface area contributed by atoms with Crippen molar-refractivity contribution in [2.24, 2.45) is 15.9 Å². The third kappa shape index (κ3) is 6.10. The Labute approximate surface area is 357 Å². The van der Waals surface area contributed by atoms with E-state index in [-0.39, 0.29) is 5.92 Å². The summed E-state index contributed by atoms with van der Waals surface area (Å²) in [4.78, 5) is 11.3. The smallest absolute Gasteiger partial charge is 0.160 e. The first-order valence-corrected chi connectivity index (χ1v) is 21.9. The fraction of sp³-hybridized carbons (Fsp3) is 0.0526. The molecule has 1 aliphatic heterocycles. The van der Waals surface area contributed by atoms with Gasteiger partial charge in [-0.3, -0.25) is 0 Å². The van der Waals surface area contributed by atoms with Gasteiger partial charge in [-0.25, -0.2) is 9.98 Å². The SMILES string of the molecule is CC1C/C=C(c2cc3c(cc2-n2c4ccccc4c4cc5ccccc5cc42)sc2ccccc23)/N=C(c2ccc3ccccc3c2)\N=C/1c1ccc(-c2ccccc2)cc1. The average molecular weight is 798 g/mol. The quantitative estimate of drug-likeness (QED) is 0.166. The van der Waals surface area contributed by atoms with Gasteiger partial charge in [-0.15, -0.1) is 11.3 Å². The summed E-state index contributed by atoms with van der Waals surface area (Å²) in [5.74, 6) is 0.831. The number of benzene rings is 9. The van der Waals surface area contributed by atoms with Crippen molar-refractivity contribution >= 4 is 92.1 Å². The second-order valence-corrected chi connectivity index (χ2v) is 17.3. The molecule has 0 bridgehead atoms. The van der Waals surface area contributed by atoms with E-state index in [2.05, 4.69) is 212 Å². The van der Waals surface area contributed by atoms with E-state index >= 15 is 0 Å². The Balaban J connectivity index is 1.12. The molecular weight excluding hydrogens is 759 g/mol. The number of allylic oxidation sites excluding steroid dienone is 1. The van der Waals surface area contributed by atoms with Gasteiger partial charge in [-0.1, -0.05) is 165 Å². The summed E-state index contributed by atoms with van der Waals surface area (Å²) < 4.78 is 5.01. The van der Waals surface area contributed by atoms with Gasteiger partial charge in [0.25, 0.3) is 0 Å². The molecule has 9 aromatic carbocycles. The minimum Gasteiger partial charge on any atom is -0.308 e. The van der Waals surface area contributed by atoms with Gasteiger partial charge in [0.05, 0.1) is 28.1 Å². The van der Waals surface area contributed by atoms with Crippen LogP contribution in [0.25, 0.3) is 86.0 Å². The van der Waals surface area contributed by atoms with Gasteiger partial charge in [0, 0.05) is 48.0 Å². The lowest BCUT2D eigenvalue weighted by Gasteiger charge is -2.20. The van der Waals surface area contributed by atoms with Crippen LogP contribution in [0.3, 0.4) is 0 Å². The zero-order valence-corrected chi connectivity index (χ0v) is 34.4. The summed E-state index contributed by atoms with van der Waals surface area (Å²) in [7, 11) is 0. The molecule has 0 amide bonds. The molecule has 0 saturated carbocycles. The van der Waals surface area contributed by atoms with Gasteiger partial charge in [0.15, 0.2) is 5.84 Å². The van der Waals surface area contributed by atoms with Gasteiger partial charge in [-0.05, 0) is 87.1 Å². The van der Waals surface area contributed by atoms with E-state index in [1.54, 1.807) is 0 Å². The highest BCUT2D eigenvalue weighted by atomic mass is 32.1. The van der Waals surface area contributed by atoms with Crippen LogP contribution in [0.2, 0.25) is 0 Å². The Morgan fingerprint density at radius 2 is 1.10 bits per heavy atom. The molecule has 0 spiro atoms. The van der Waals surface area contributed by atoms with Crippen LogP contribution in [0.15, 0.2) is 210 Å². The lowest BCUT2D eigenvalue weighted by atomic mass is 9.92. The number of aliphatic imine (C=N–C) groups is 2. The molecule has 0 radical (unpaired) electrons. The maximum absolute atomic E-state index is 5.69. The number of para-hydroxylation sites is 1. The van der Waals surface area contributed by atoms with E-state index in [9.17, 15) is 0 Å². The normalized spacial score (nSPS) is 17.3. The number of rotatable bonds is 5. The van der Waals surface area contributed by atoms with Crippen LogP contribution in [0, 0.1) is 5.92 Å². The summed E-state index contributed by atoms with van der Waals surface area (Å²) in [5.41, 5.74) is 11.0. The van der Waals surface area contributed by atoms with Crippen molar-refractivity contribution in [3.63, 3.8) is 0 Å². The minimum absolute atomic E-state index is 0.122. The molecule has 0 N–H and O–H groups in total. The van der Waals surface area contributed by atoms with Crippen LogP contribution in [0.5, 0.6) is 0 Å². The molecule has 0 fully saturated rings. The molecule has 12 rings (SSSR count). The molecule has 61 heavy (non-hydrogen) atoms. The molecule has 0 saturated heterocycles. The molecule has 1 atom stereocenters. The molecule has 1 aliphatic rings. The Hall–Kier alpha value is -7.40. The number of hydrogen-bond donors (Lipinski definition) is 0. The van der Waals surface area contributed by atoms with Crippen LogP contribution < -0.4 is 0 Å². The maximum Gasteiger partial charge on any atom is 0.160 e. The Bertz CT molecular complexity index is 3620. The van der Waals surface area contributed by atoms with Crippen molar-refractivity contribution in [1.82, 2.24) is 4.57 Å². The average Bonchev–Trinajstić information content (AvgIpc) is 3.84. The van der Waals surface area contributed by atoms with Crippen LogP contribution in [-0.4, -0.2) is 16.1 Å². The van der Waals surface area contributed by atoms with E-state index in [4.69, 9.17) is 9.98 Å². The molecule has 288 valence electrons. The largest absolute Gasteiger partial charge is 0.308 e. The maximum atomic E-state index is 5.69. The van der Waals surface area contributed by atoms with Gasteiger partial charge < -0.3 is 4.57 Å². The second kappa shape index (κ2) is 14.4. The van der Waals surface area contributed by atoms with E-state index in [0.29, 0.717) is 5.84 Å². The van der Waals surface area contributed by atoms with Gasteiger partial charge in [-0.2, -0.15) is 0 Å². The van der Waals surface area contributed by atoms with Crippen LogP contribution >= 0.6 is 11.3 Å². The highest BCUT2D eigenvalue weighted by Crippen LogP contribution is 2.43. The predicted molar refractivity (Wildman–Crippen MR) is 262 cm³/mol. The first-order valence-electron chi connectivity index (χ1n) is 21.0. The van der Waals surface area contributed by atoms with Crippen molar-refractivity contribution in [2.75, 3.05) is 0 Å². The summed E-state index contributed by atoms with van der Waals surface area (Å²) >= 11 is 1.86. The first kappa shape index (κ1) is 35.5. The summed E-state index contributed by atoms with van der Waals surface area (Å²) in [6, 6.07) is 70.4. The number of hydrogen-bond acceptors (Lipinski definition) is 3. The third-order valence-corrected chi connectivity index (χ3v) is 13.6. The van der Waals surface area contributed by atoms with E-state index in [1.807, 2.05) is 11.3 Å². The predicted octanol–water partition coefficient (Wildman–Crippen LogP) is 15.4. The van der Waals surface area contributed by atoms with Gasteiger partial charge in [0.1, 0.15) is 0 Å². The molecule has 2 aromatic heterocycles. The topological polar surface area (TPSA) is 29.6 Å². The van der Waals surface area contributed by atoms with Crippen LogP contribution in [0.4, 0.5) is 0 Å². The van der Waals surface area contributed by atoms with Crippen molar-refractivity contribution in [1.29, 1.82) is 0 Å². The fourth-order valence-corrected chi connectivity index (χ4v) is 10.4. The molecule has 3 heterocycles. The second-order valence-electron chi connectivity index (χ2n) is 16.2. The number of nitrogens with zero attached hydrogens (tertiary/aromatic N) is 3. The number of thiophene rings is 1. The lowest BCUT2D eigenvalue weighted by Crippen LogP contribution is -2.17. The Morgan fingerprint density at radius 1 is 0.459 bits per heavy atom. The van der Waals surface area contributed by atoms with E-state index < -0.39 is 0 Å². The van der Waals surface area contributed by atoms with Crippen molar-refractivity contribution in [2.45, 2.75) is 13.3 Å². The van der Waals surface area contributed by atoms with E-state index in [0.717, 1.165) is 45.6 Å². The summed E-state index contributed by atoms with van der Waals surface area (Å²) in [6.07, 6.45) is 3.14. The summed E-state index contributed by atoms with van der Waals surface area (Å²) in [5, 5.41) is 9.80. The molecule has 3 nitrogen and oxygen atoms in total. The van der Waals surface area contributed by atoms with Crippen molar-refractivity contribution < 1.29 is 0 Å². The Morgan fingerprint density at radius 3 is 1.92 bits per heavy atom. The zero-order chi connectivity index (χ0) is 40.4. The monoisotopic (exact) mass is 797 g/mol. The third-order valence-electron chi connectivity index (χ3n) is 12.4. The number of aromatic nitrogens is 1. The van der Waals surface area contributed by atoms with Crippen molar-refractivity contribution in [3.05, 3.63) is 217 Å². The zero-order valence-electron chi connectivity index (χ0n) is 33.6. The molecular formula is C57H39N3S. The molecule has 1 unspecified atom stereocenters. The fourth-order valence-electron chi connectivity index (χ4n) is 9.32. The molecule has 4 heteroatoms. The minimum atomic E-state index is 0.122. The number of amidine groups is 1. The molecule has 0 aliphatic carbocycles. The Kier molecular flexibility index (Phi) is 8.39. The van der Waals surface area contributed by atoms with Crippen LogP contribution in [0.1, 0.15) is 30.0 Å². The summed E-state index contributed by atoms with van der Waals surface area (Å²) in [6.45, 7) is 2.30. The highest BCUT2D eigenvalue weighted by Gasteiger charge is 2.23. The van der Waals surface area contributed by atoms with Crippen molar-refractivity contribution in [3.8, 4) is 16.8 Å². The molecule has 11 aromatic rings. The van der Waals surface area contributed by atoms with Gasteiger partial charge in [0.2, 0.25) is 0 Å². The lowest BCUT2D eigenvalue weighted by molar-refractivity contribution is 0.790. The van der Waals surface area contributed by atoms with Gasteiger partial charge >= 0.3 is 0 Å². The number of fused-ring (bicyclic) bond motifs is 8.